The fraction of sp³-hybridized carbons (Fsp3) is 0.700. The van der Waals surface area contributed by atoms with Crippen molar-refractivity contribution in [1.82, 2.24) is 4.90 Å². The van der Waals surface area contributed by atoms with E-state index in [1.807, 2.05) is 0 Å². The Morgan fingerprint density at radius 3 is 2.46 bits per heavy atom. The molecule has 0 unspecified atom stereocenters. The first-order chi connectivity index (χ1) is 11.5. The number of nitrogens with zero attached hydrogens (tertiary/aromatic N) is 1. The summed E-state index contributed by atoms with van der Waals surface area (Å²) in [6, 6.07) is 8.96. The predicted octanol–water partition coefficient (Wildman–Crippen LogP) is 2.99. The van der Waals surface area contributed by atoms with E-state index < -0.39 is 0 Å². The summed E-state index contributed by atoms with van der Waals surface area (Å²) in [5.41, 5.74) is 2.94. The molecular weight excluding hydrogens is 302 g/mol. The molecule has 1 aromatic carbocycles. The molecule has 1 aromatic rings. The highest BCUT2D eigenvalue weighted by molar-refractivity contribution is 5.27. The molecule has 2 atom stereocenters. The SMILES string of the molecule is CC(C)(C)c1ccc(CC[C@@H]2OC[C@H](CN3CCOCC3)O2)cc1. The molecule has 2 saturated heterocycles. The van der Waals surface area contributed by atoms with E-state index in [2.05, 4.69) is 49.9 Å². The van der Waals surface area contributed by atoms with Crippen molar-refractivity contribution < 1.29 is 14.2 Å². The standard InChI is InChI=1S/C20H31NO3/c1-20(2,3)17-7-4-16(5-8-17)6-9-19-23-15-18(24-19)14-21-10-12-22-13-11-21/h4-5,7-8,18-19H,6,9-15H2,1-3H3/t18-,19+/m0/s1. The predicted molar refractivity (Wildman–Crippen MR) is 95.3 cm³/mol. The lowest BCUT2D eigenvalue weighted by Crippen LogP contribution is -2.41. The van der Waals surface area contributed by atoms with Gasteiger partial charge in [0.2, 0.25) is 0 Å². The maximum atomic E-state index is 6.06. The van der Waals surface area contributed by atoms with Crippen LogP contribution in [0.15, 0.2) is 24.3 Å². The molecule has 0 saturated carbocycles. The first-order valence-corrected chi connectivity index (χ1v) is 9.17. The van der Waals surface area contributed by atoms with Crippen molar-refractivity contribution in [1.29, 1.82) is 0 Å². The second-order valence-corrected chi connectivity index (χ2v) is 7.92. The monoisotopic (exact) mass is 333 g/mol. The lowest BCUT2D eigenvalue weighted by atomic mass is 9.86. The molecule has 3 rings (SSSR count). The van der Waals surface area contributed by atoms with Crippen molar-refractivity contribution >= 4 is 0 Å². The highest BCUT2D eigenvalue weighted by Gasteiger charge is 2.28. The molecule has 4 nitrogen and oxygen atoms in total. The first-order valence-electron chi connectivity index (χ1n) is 9.17. The Bertz CT molecular complexity index is 503. The summed E-state index contributed by atoms with van der Waals surface area (Å²) >= 11 is 0. The highest BCUT2D eigenvalue weighted by atomic mass is 16.7. The van der Waals surface area contributed by atoms with E-state index in [1.54, 1.807) is 0 Å². The molecule has 0 N–H and O–H groups in total. The number of hydrogen-bond acceptors (Lipinski definition) is 4. The zero-order chi connectivity index (χ0) is 17.0. The third-order valence-electron chi connectivity index (χ3n) is 4.87. The van der Waals surface area contributed by atoms with Crippen LogP contribution in [-0.2, 0) is 26.0 Å². The molecule has 24 heavy (non-hydrogen) atoms. The van der Waals surface area contributed by atoms with Gasteiger partial charge in [-0.05, 0) is 23.0 Å². The van der Waals surface area contributed by atoms with Gasteiger partial charge < -0.3 is 14.2 Å². The van der Waals surface area contributed by atoms with E-state index >= 15 is 0 Å². The molecular formula is C20H31NO3. The van der Waals surface area contributed by atoms with Crippen LogP contribution in [0.25, 0.3) is 0 Å². The van der Waals surface area contributed by atoms with E-state index in [1.165, 1.54) is 11.1 Å². The van der Waals surface area contributed by atoms with Crippen LogP contribution in [0.5, 0.6) is 0 Å². The minimum Gasteiger partial charge on any atom is -0.379 e. The highest BCUT2D eigenvalue weighted by Crippen LogP contribution is 2.23. The molecule has 4 heteroatoms. The second-order valence-electron chi connectivity index (χ2n) is 7.92. The van der Waals surface area contributed by atoms with Crippen LogP contribution in [0.4, 0.5) is 0 Å². The Kier molecular flexibility index (Phi) is 5.93. The summed E-state index contributed by atoms with van der Waals surface area (Å²) in [4.78, 5) is 2.41. The van der Waals surface area contributed by atoms with Crippen LogP contribution in [0.2, 0.25) is 0 Å². The van der Waals surface area contributed by atoms with Gasteiger partial charge in [0.05, 0.1) is 25.9 Å². The molecule has 0 bridgehead atoms. The van der Waals surface area contributed by atoms with Crippen LogP contribution in [0.1, 0.15) is 38.3 Å². The molecule has 0 amide bonds. The molecule has 0 radical (unpaired) electrons. The van der Waals surface area contributed by atoms with Crippen molar-refractivity contribution in [2.45, 2.75) is 51.4 Å². The van der Waals surface area contributed by atoms with Crippen molar-refractivity contribution in [3.8, 4) is 0 Å². The quantitative estimate of drug-likeness (QED) is 0.829. The molecule has 2 fully saturated rings. The van der Waals surface area contributed by atoms with E-state index in [-0.39, 0.29) is 17.8 Å². The minimum atomic E-state index is -0.0571. The topological polar surface area (TPSA) is 30.9 Å². The Hall–Kier alpha value is -0.940. The van der Waals surface area contributed by atoms with Crippen molar-refractivity contribution in [3.63, 3.8) is 0 Å². The number of ether oxygens (including phenoxy) is 3. The van der Waals surface area contributed by atoms with Gasteiger partial charge in [-0.15, -0.1) is 0 Å². The Morgan fingerprint density at radius 1 is 1.08 bits per heavy atom. The van der Waals surface area contributed by atoms with Crippen molar-refractivity contribution in [3.05, 3.63) is 35.4 Å². The van der Waals surface area contributed by atoms with Gasteiger partial charge in [0.15, 0.2) is 6.29 Å². The zero-order valence-electron chi connectivity index (χ0n) is 15.3. The molecule has 0 aromatic heterocycles. The molecule has 2 aliphatic heterocycles. The van der Waals surface area contributed by atoms with Gasteiger partial charge in [0.1, 0.15) is 0 Å². The van der Waals surface area contributed by atoms with Gasteiger partial charge >= 0.3 is 0 Å². The molecule has 2 aliphatic rings. The summed E-state index contributed by atoms with van der Waals surface area (Å²) in [6.45, 7) is 12.1. The normalized spacial score (nSPS) is 26.0. The summed E-state index contributed by atoms with van der Waals surface area (Å²) in [5.74, 6) is 0. The average Bonchev–Trinajstić information content (AvgIpc) is 3.01. The number of rotatable bonds is 5. The molecule has 134 valence electrons. The summed E-state index contributed by atoms with van der Waals surface area (Å²) in [5, 5.41) is 0. The number of benzene rings is 1. The van der Waals surface area contributed by atoms with Gasteiger partial charge in [-0.2, -0.15) is 0 Å². The molecule has 2 heterocycles. The summed E-state index contributed by atoms with van der Waals surface area (Å²) in [7, 11) is 0. The Morgan fingerprint density at radius 2 is 1.79 bits per heavy atom. The minimum absolute atomic E-state index is 0.0571. The van der Waals surface area contributed by atoms with Gasteiger partial charge in [-0.3, -0.25) is 4.90 Å². The fourth-order valence-electron chi connectivity index (χ4n) is 3.28. The molecule has 0 spiro atoms. The first kappa shape index (κ1) is 17.9. The second kappa shape index (κ2) is 7.96. The lowest BCUT2D eigenvalue weighted by molar-refractivity contribution is -0.0693. The number of morpholine rings is 1. The number of aryl methyl sites for hydroxylation is 1. The van der Waals surface area contributed by atoms with Gasteiger partial charge in [0.25, 0.3) is 0 Å². The van der Waals surface area contributed by atoms with Crippen LogP contribution in [0.3, 0.4) is 0 Å². The average molecular weight is 333 g/mol. The lowest BCUT2D eigenvalue weighted by Gasteiger charge is -2.28. The largest absolute Gasteiger partial charge is 0.379 e. The van der Waals surface area contributed by atoms with E-state index in [0.717, 1.165) is 45.7 Å². The van der Waals surface area contributed by atoms with Crippen LogP contribution in [-0.4, -0.2) is 56.7 Å². The summed E-state index contributed by atoms with van der Waals surface area (Å²) in [6.07, 6.45) is 2.07. The van der Waals surface area contributed by atoms with Crippen molar-refractivity contribution in [2.24, 2.45) is 0 Å². The maximum Gasteiger partial charge on any atom is 0.158 e. The zero-order valence-corrected chi connectivity index (χ0v) is 15.3. The smallest absolute Gasteiger partial charge is 0.158 e. The van der Waals surface area contributed by atoms with Gasteiger partial charge in [-0.25, -0.2) is 0 Å². The van der Waals surface area contributed by atoms with Gasteiger partial charge in [-0.1, -0.05) is 45.0 Å². The third-order valence-corrected chi connectivity index (χ3v) is 4.87. The fourth-order valence-corrected chi connectivity index (χ4v) is 3.28. The molecule has 0 aliphatic carbocycles. The van der Waals surface area contributed by atoms with Crippen LogP contribution in [0, 0.1) is 0 Å². The van der Waals surface area contributed by atoms with E-state index in [4.69, 9.17) is 14.2 Å². The van der Waals surface area contributed by atoms with Crippen LogP contribution < -0.4 is 0 Å². The van der Waals surface area contributed by atoms with Crippen molar-refractivity contribution in [2.75, 3.05) is 39.5 Å². The van der Waals surface area contributed by atoms with Gasteiger partial charge in [0, 0.05) is 26.1 Å². The third kappa shape index (κ3) is 5.03. The van der Waals surface area contributed by atoms with E-state index in [9.17, 15) is 0 Å². The van der Waals surface area contributed by atoms with E-state index in [0.29, 0.717) is 6.61 Å². The number of hydrogen-bond donors (Lipinski definition) is 0. The maximum absolute atomic E-state index is 6.06. The van der Waals surface area contributed by atoms with Crippen LogP contribution >= 0.6 is 0 Å². The Labute approximate surface area is 146 Å². The Balaban J connectivity index is 1.41. The summed E-state index contributed by atoms with van der Waals surface area (Å²) < 4.78 is 17.3.